The zero-order valence-corrected chi connectivity index (χ0v) is 7.65. The molecule has 0 amide bonds. The predicted molar refractivity (Wildman–Crippen MR) is 48.7 cm³/mol. The van der Waals surface area contributed by atoms with Crippen LogP contribution in [0.4, 0.5) is 10.1 Å². The zero-order chi connectivity index (χ0) is 7.56. The second kappa shape index (κ2) is 3.18. The SMILES string of the molecule is CNc1ccc(F)cc1I. The Labute approximate surface area is 72.8 Å². The van der Waals surface area contributed by atoms with Crippen molar-refractivity contribution < 1.29 is 4.39 Å². The molecule has 0 atom stereocenters. The van der Waals surface area contributed by atoms with Gasteiger partial charge in [-0.2, -0.15) is 0 Å². The highest BCUT2D eigenvalue weighted by Gasteiger charge is 1.96. The topological polar surface area (TPSA) is 12.0 Å². The molecule has 0 aliphatic heterocycles. The third kappa shape index (κ3) is 1.59. The molecule has 0 spiro atoms. The van der Waals surface area contributed by atoms with Crippen molar-refractivity contribution in [2.75, 3.05) is 12.4 Å². The fourth-order valence-electron chi connectivity index (χ4n) is 0.692. The lowest BCUT2D eigenvalue weighted by atomic mass is 10.3. The Bertz CT molecular complexity index is 237. The molecule has 1 rings (SSSR count). The van der Waals surface area contributed by atoms with E-state index >= 15 is 0 Å². The molecule has 0 unspecified atom stereocenters. The van der Waals surface area contributed by atoms with Gasteiger partial charge in [-0.15, -0.1) is 0 Å². The molecule has 0 heterocycles. The van der Waals surface area contributed by atoms with E-state index in [0.717, 1.165) is 9.26 Å². The molecule has 0 aliphatic rings. The third-order valence-electron chi connectivity index (χ3n) is 1.20. The van der Waals surface area contributed by atoms with Crippen molar-refractivity contribution in [2.24, 2.45) is 0 Å². The van der Waals surface area contributed by atoms with Gasteiger partial charge in [0, 0.05) is 16.3 Å². The highest BCUT2D eigenvalue weighted by molar-refractivity contribution is 14.1. The van der Waals surface area contributed by atoms with E-state index in [4.69, 9.17) is 0 Å². The quantitative estimate of drug-likeness (QED) is 0.756. The second-order valence-corrected chi connectivity index (χ2v) is 3.04. The van der Waals surface area contributed by atoms with Crippen LogP contribution < -0.4 is 5.32 Å². The molecule has 0 fully saturated rings. The number of nitrogens with one attached hydrogen (secondary N) is 1. The van der Waals surface area contributed by atoms with E-state index in [2.05, 4.69) is 27.9 Å². The van der Waals surface area contributed by atoms with E-state index in [1.54, 1.807) is 6.07 Å². The van der Waals surface area contributed by atoms with Crippen molar-refractivity contribution in [3.63, 3.8) is 0 Å². The summed E-state index contributed by atoms with van der Waals surface area (Å²) in [6, 6.07) is 4.65. The first kappa shape index (κ1) is 7.78. The van der Waals surface area contributed by atoms with Gasteiger partial charge in [-0.25, -0.2) is 4.39 Å². The molecule has 0 aromatic heterocycles. The molecule has 10 heavy (non-hydrogen) atoms. The Morgan fingerprint density at radius 2 is 2.20 bits per heavy atom. The molecule has 1 aromatic rings. The molecule has 0 bridgehead atoms. The van der Waals surface area contributed by atoms with Crippen molar-refractivity contribution >= 4 is 28.3 Å². The van der Waals surface area contributed by atoms with Crippen LogP contribution in [0.2, 0.25) is 0 Å². The van der Waals surface area contributed by atoms with Crippen molar-refractivity contribution in [1.82, 2.24) is 0 Å². The molecule has 0 saturated heterocycles. The van der Waals surface area contributed by atoms with Gasteiger partial charge in [-0.3, -0.25) is 0 Å². The molecule has 1 aromatic carbocycles. The van der Waals surface area contributed by atoms with Gasteiger partial charge in [0.25, 0.3) is 0 Å². The van der Waals surface area contributed by atoms with Crippen molar-refractivity contribution in [3.05, 3.63) is 27.6 Å². The maximum absolute atomic E-state index is 12.5. The monoisotopic (exact) mass is 251 g/mol. The van der Waals surface area contributed by atoms with E-state index in [9.17, 15) is 4.39 Å². The second-order valence-electron chi connectivity index (χ2n) is 1.87. The lowest BCUT2D eigenvalue weighted by Gasteiger charge is -2.01. The van der Waals surface area contributed by atoms with Gasteiger partial charge < -0.3 is 5.32 Å². The van der Waals surface area contributed by atoms with E-state index < -0.39 is 0 Å². The van der Waals surface area contributed by atoms with Gasteiger partial charge in [0.2, 0.25) is 0 Å². The smallest absolute Gasteiger partial charge is 0.124 e. The van der Waals surface area contributed by atoms with Gasteiger partial charge in [-0.1, -0.05) is 0 Å². The van der Waals surface area contributed by atoms with Crippen LogP contribution in [0.5, 0.6) is 0 Å². The molecule has 3 heteroatoms. The average Bonchev–Trinajstić information content (AvgIpc) is 1.88. The largest absolute Gasteiger partial charge is 0.387 e. The Morgan fingerprint density at radius 1 is 1.50 bits per heavy atom. The number of hydrogen-bond donors (Lipinski definition) is 1. The van der Waals surface area contributed by atoms with E-state index in [1.807, 2.05) is 7.05 Å². The molecule has 1 nitrogen and oxygen atoms in total. The van der Waals surface area contributed by atoms with Crippen LogP contribution in [0.1, 0.15) is 0 Å². The summed E-state index contributed by atoms with van der Waals surface area (Å²) in [5.41, 5.74) is 0.960. The molecule has 0 saturated carbocycles. The van der Waals surface area contributed by atoms with Crippen LogP contribution in [0.25, 0.3) is 0 Å². The first-order chi connectivity index (χ1) is 4.74. The Balaban J connectivity index is 3.07. The highest BCUT2D eigenvalue weighted by Crippen LogP contribution is 2.17. The van der Waals surface area contributed by atoms with E-state index in [0.29, 0.717) is 0 Å². The molecular weight excluding hydrogens is 244 g/mol. The maximum Gasteiger partial charge on any atom is 0.124 e. The van der Waals surface area contributed by atoms with E-state index in [1.165, 1.54) is 12.1 Å². The van der Waals surface area contributed by atoms with Crippen LogP contribution in [0.3, 0.4) is 0 Å². The lowest BCUT2D eigenvalue weighted by molar-refractivity contribution is 0.627. The number of rotatable bonds is 1. The number of benzene rings is 1. The van der Waals surface area contributed by atoms with Gasteiger partial charge >= 0.3 is 0 Å². The number of hydrogen-bond acceptors (Lipinski definition) is 1. The Hall–Kier alpha value is -0.320. The summed E-state index contributed by atoms with van der Waals surface area (Å²) in [6.45, 7) is 0. The lowest BCUT2D eigenvalue weighted by Crippen LogP contribution is -1.91. The van der Waals surface area contributed by atoms with Crippen molar-refractivity contribution in [3.8, 4) is 0 Å². The van der Waals surface area contributed by atoms with Crippen molar-refractivity contribution in [1.29, 1.82) is 0 Å². The molecule has 0 aliphatic carbocycles. The Kier molecular flexibility index (Phi) is 2.48. The van der Waals surface area contributed by atoms with Gasteiger partial charge in [0.1, 0.15) is 5.82 Å². The summed E-state index contributed by atoms with van der Waals surface area (Å²) >= 11 is 2.08. The Morgan fingerprint density at radius 3 is 2.70 bits per heavy atom. The van der Waals surface area contributed by atoms with Crippen LogP contribution in [0, 0.1) is 9.39 Å². The van der Waals surface area contributed by atoms with Crippen LogP contribution in [-0.4, -0.2) is 7.05 Å². The van der Waals surface area contributed by atoms with Crippen LogP contribution in [0.15, 0.2) is 18.2 Å². The highest BCUT2D eigenvalue weighted by atomic mass is 127. The first-order valence-electron chi connectivity index (χ1n) is 2.87. The fourth-order valence-corrected chi connectivity index (χ4v) is 1.44. The molecular formula is C7H7FIN. The normalized spacial score (nSPS) is 9.50. The minimum absolute atomic E-state index is 0.191. The van der Waals surface area contributed by atoms with Gasteiger partial charge in [0.05, 0.1) is 0 Å². The summed E-state index contributed by atoms with van der Waals surface area (Å²) in [5, 5.41) is 2.95. The minimum Gasteiger partial charge on any atom is -0.387 e. The van der Waals surface area contributed by atoms with Crippen molar-refractivity contribution in [2.45, 2.75) is 0 Å². The molecule has 1 N–H and O–H groups in total. The zero-order valence-electron chi connectivity index (χ0n) is 5.49. The number of halogens is 2. The van der Waals surface area contributed by atoms with Gasteiger partial charge in [0.15, 0.2) is 0 Å². The molecule has 0 radical (unpaired) electrons. The third-order valence-corrected chi connectivity index (χ3v) is 2.09. The standard InChI is InChI=1S/C7H7FIN/c1-10-7-3-2-5(8)4-6(7)9/h2-4,10H,1H3. The summed E-state index contributed by atoms with van der Waals surface area (Å²) in [7, 11) is 1.81. The van der Waals surface area contributed by atoms with Gasteiger partial charge in [-0.05, 0) is 40.8 Å². The first-order valence-corrected chi connectivity index (χ1v) is 3.94. The average molecular weight is 251 g/mol. The summed E-state index contributed by atoms with van der Waals surface area (Å²) in [4.78, 5) is 0. The fraction of sp³-hybridized carbons (Fsp3) is 0.143. The summed E-state index contributed by atoms with van der Waals surface area (Å²) < 4.78 is 13.4. The van der Waals surface area contributed by atoms with E-state index in [-0.39, 0.29) is 5.82 Å². The summed E-state index contributed by atoms with van der Waals surface area (Å²) in [5.74, 6) is -0.191. The maximum atomic E-state index is 12.5. The predicted octanol–water partition coefficient (Wildman–Crippen LogP) is 2.47. The molecule has 54 valence electrons. The van der Waals surface area contributed by atoms with Crippen LogP contribution in [-0.2, 0) is 0 Å². The minimum atomic E-state index is -0.191. The summed E-state index contributed by atoms with van der Waals surface area (Å²) in [6.07, 6.45) is 0. The number of anilines is 1. The van der Waals surface area contributed by atoms with Crippen LogP contribution >= 0.6 is 22.6 Å².